The molecule has 1 heterocycles. The number of carbonyl (C=O) groups is 2. The molecule has 0 spiro atoms. The first-order valence-electron chi connectivity index (χ1n) is 5.36. The molecule has 2 amide bonds. The number of ether oxygens (including phenoxy) is 1. The number of nitrogens with zero attached hydrogens (tertiary/aromatic N) is 1. The van der Waals surface area contributed by atoms with Crippen LogP contribution in [0.15, 0.2) is 24.3 Å². The molecular formula is C12H14N2O3. The highest BCUT2D eigenvalue weighted by molar-refractivity contribution is 6.04. The van der Waals surface area contributed by atoms with E-state index in [1.807, 2.05) is 24.3 Å². The summed E-state index contributed by atoms with van der Waals surface area (Å²) < 4.78 is 5.08. The number of amides is 2. The maximum atomic E-state index is 11.8. The molecule has 1 fully saturated rings. The van der Waals surface area contributed by atoms with Gasteiger partial charge in [0, 0.05) is 18.4 Å². The summed E-state index contributed by atoms with van der Waals surface area (Å²) in [7, 11) is 1.60. The zero-order valence-corrected chi connectivity index (χ0v) is 9.60. The Hall–Kier alpha value is -1.88. The van der Waals surface area contributed by atoms with Gasteiger partial charge in [-0.05, 0) is 6.07 Å². The summed E-state index contributed by atoms with van der Waals surface area (Å²) in [4.78, 5) is 24.6. The Morgan fingerprint density at radius 1 is 1.35 bits per heavy atom. The van der Waals surface area contributed by atoms with Crippen molar-refractivity contribution < 1.29 is 14.3 Å². The molecule has 90 valence electrons. The lowest BCUT2D eigenvalue weighted by Crippen LogP contribution is -2.52. The summed E-state index contributed by atoms with van der Waals surface area (Å²) in [5.74, 6) is -0.245. The van der Waals surface area contributed by atoms with Crippen LogP contribution in [0, 0.1) is 0 Å². The molecule has 1 aliphatic heterocycles. The molecule has 2 rings (SSSR count). The lowest BCUT2D eigenvalue weighted by Gasteiger charge is -2.28. The Bertz CT molecular complexity index is 445. The average Bonchev–Trinajstić information content (AvgIpc) is 2.34. The van der Waals surface area contributed by atoms with Crippen LogP contribution in [0.3, 0.4) is 0 Å². The number of para-hydroxylation sites is 1. The summed E-state index contributed by atoms with van der Waals surface area (Å²) in [6.45, 7) is 0.543. The van der Waals surface area contributed by atoms with Crippen molar-refractivity contribution in [1.82, 2.24) is 5.32 Å². The standard InChI is InChI=1S/C12H14N2O3/c1-17-8-9-4-2-3-5-10(9)14-7-11(15)13-6-12(14)16/h2-5H,6-8H2,1H3,(H,13,15). The molecule has 5 nitrogen and oxygen atoms in total. The van der Waals surface area contributed by atoms with E-state index in [2.05, 4.69) is 5.32 Å². The van der Waals surface area contributed by atoms with Crippen molar-refractivity contribution in [3.63, 3.8) is 0 Å². The molecule has 0 bridgehead atoms. The van der Waals surface area contributed by atoms with Gasteiger partial charge in [-0.1, -0.05) is 18.2 Å². The molecule has 0 aromatic heterocycles. The van der Waals surface area contributed by atoms with Gasteiger partial charge in [0.25, 0.3) is 0 Å². The average molecular weight is 234 g/mol. The molecule has 0 unspecified atom stereocenters. The SMILES string of the molecule is COCc1ccccc1N1CC(=O)NCC1=O. The second-order valence-electron chi connectivity index (χ2n) is 3.82. The normalized spacial score (nSPS) is 15.9. The van der Waals surface area contributed by atoms with Crippen LogP contribution in [0.4, 0.5) is 5.69 Å². The van der Waals surface area contributed by atoms with E-state index >= 15 is 0 Å². The zero-order valence-electron chi connectivity index (χ0n) is 9.60. The van der Waals surface area contributed by atoms with Gasteiger partial charge in [0.2, 0.25) is 11.8 Å². The Morgan fingerprint density at radius 2 is 2.12 bits per heavy atom. The third-order valence-corrected chi connectivity index (χ3v) is 2.62. The van der Waals surface area contributed by atoms with E-state index in [1.54, 1.807) is 7.11 Å². The number of nitrogens with one attached hydrogen (secondary N) is 1. The summed E-state index contributed by atoms with van der Waals surface area (Å²) in [5.41, 5.74) is 1.65. The predicted octanol–water partition coefficient (Wildman–Crippen LogP) is 0.296. The number of anilines is 1. The van der Waals surface area contributed by atoms with Crippen molar-refractivity contribution >= 4 is 17.5 Å². The molecule has 1 saturated heterocycles. The highest BCUT2D eigenvalue weighted by Gasteiger charge is 2.25. The van der Waals surface area contributed by atoms with Crippen molar-refractivity contribution in [3.8, 4) is 0 Å². The van der Waals surface area contributed by atoms with E-state index < -0.39 is 0 Å². The fraction of sp³-hybridized carbons (Fsp3) is 0.333. The van der Waals surface area contributed by atoms with Crippen molar-refractivity contribution in [3.05, 3.63) is 29.8 Å². The second kappa shape index (κ2) is 4.97. The number of carbonyl (C=O) groups excluding carboxylic acids is 2. The van der Waals surface area contributed by atoms with Gasteiger partial charge in [0.05, 0.1) is 13.2 Å². The van der Waals surface area contributed by atoms with Crippen molar-refractivity contribution in [2.75, 3.05) is 25.1 Å². The minimum atomic E-state index is -0.142. The van der Waals surface area contributed by atoms with Crippen LogP contribution in [0.25, 0.3) is 0 Å². The quantitative estimate of drug-likeness (QED) is 0.818. The summed E-state index contributed by atoms with van der Waals surface area (Å²) in [6.07, 6.45) is 0. The topological polar surface area (TPSA) is 58.6 Å². The number of rotatable bonds is 3. The highest BCUT2D eigenvalue weighted by atomic mass is 16.5. The Kier molecular flexibility index (Phi) is 3.39. The van der Waals surface area contributed by atoms with E-state index in [0.717, 1.165) is 11.3 Å². The maximum Gasteiger partial charge on any atom is 0.246 e. The van der Waals surface area contributed by atoms with Crippen molar-refractivity contribution in [2.45, 2.75) is 6.61 Å². The predicted molar refractivity (Wildman–Crippen MR) is 62.5 cm³/mol. The van der Waals surface area contributed by atoms with Gasteiger partial charge in [-0.15, -0.1) is 0 Å². The Morgan fingerprint density at radius 3 is 2.88 bits per heavy atom. The summed E-state index contributed by atoms with van der Waals surface area (Å²) in [6, 6.07) is 7.43. The molecular weight excluding hydrogens is 220 g/mol. The lowest BCUT2D eigenvalue weighted by molar-refractivity contribution is -0.128. The molecule has 1 aromatic rings. The molecule has 1 N–H and O–H groups in total. The molecule has 0 radical (unpaired) electrons. The van der Waals surface area contributed by atoms with Crippen LogP contribution in [0.1, 0.15) is 5.56 Å². The first kappa shape index (κ1) is 11.6. The molecule has 5 heteroatoms. The minimum Gasteiger partial charge on any atom is -0.380 e. The molecule has 1 aromatic carbocycles. The number of piperazine rings is 1. The Labute approximate surface area is 99.4 Å². The van der Waals surface area contributed by atoms with Gasteiger partial charge in [-0.25, -0.2) is 0 Å². The number of hydrogen-bond donors (Lipinski definition) is 1. The molecule has 0 saturated carbocycles. The van der Waals surface area contributed by atoms with Gasteiger partial charge < -0.3 is 15.0 Å². The van der Waals surface area contributed by atoms with Gasteiger partial charge in [0.1, 0.15) is 6.54 Å². The highest BCUT2D eigenvalue weighted by Crippen LogP contribution is 2.22. The third kappa shape index (κ3) is 2.45. The van der Waals surface area contributed by atoms with Crippen LogP contribution >= 0.6 is 0 Å². The number of benzene rings is 1. The van der Waals surface area contributed by atoms with Crippen LogP contribution in [-0.2, 0) is 20.9 Å². The van der Waals surface area contributed by atoms with E-state index in [9.17, 15) is 9.59 Å². The van der Waals surface area contributed by atoms with Crippen LogP contribution in [-0.4, -0.2) is 32.0 Å². The summed E-state index contributed by atoms with van der Waals surface area (Å²) in [5, 5.41) is 2.52. The lowest BCUT2D eigenvalue weighted by atomic mass is 10.1. The van der Waals surface area contributed by atoms with Crippen LogP contribution < -0.4 is 10.2 Å². The number of hydrogen-bond acceptors (Lipinski definition) is 3. The van der Waals surface area contributed by atoms with Crippen molar-refractivity contribution in [1.29, 1.82) is 0 Å². The Balaban J connectivity index is 2.31. The van der Waals surface area contributed by atoms with E-state index in [-0.39, 0.29) is 24.9 Å². The van der Waals surface area contributed by atoms with E-state index in [1.165, 1.54) is 4.90 Å². The molecule has 0 atom stereocenters. The van der Waals surface area contributed by atoms with Gasteiger partial charge in [0.15, 0.2) is 0 Å². The van der Waals surface area contributed by atoms with Gasteiger partial charge in [-0.2, -0.15) is 0 Å². The maximum absolute atomic E-state index is 11.8. The first-order valence-corrected chi connectivity index (χ1v) is 5.36. The van der Waals surface area contributed by atoms with Crippen LogP contribution in [0.2, 0.25) is 0 Å². The first-order chi connectivity index (χ1) is 8.22. The molecule has 0 aliphatic carbocycles. The minimum absolute atomic E-state index is 0.0557. The number of methoxy groups -OCH3 is 1. The fourth-order valence-electron chi connectivity index (χ4n) is 1.83. The van der Waals surface area contributed by atoms with E-state index in [4.69, 9.17) is 4.74 Å². The zero-order chi connectivity index (χ0) is 12.3. The third-order valence-electron chi connectivity index (χ3n) is 2.62. The van der Waals surface area contributed by atoms with Gasteiger partial charge in [-0.3, -0.25) is 9.59 Å². The monoisotopic (exact) mass is 234 g/mol. The second-order valence-corrected chi connectivity index (χ2v) is 3.82. The van der Waals surface area contributed by atoms with E-state index in [0.29, 0.717) is 6.61 Å². The fourth-order valence-corrected chi connectivity index (χ4v) is 1.83. The largest absolute Gasteiger partial charge is 0.380 e. The molecule has 17 heavy (non-hydrogen) atoms. The summed E-state index contributed by atoms with van der Waals surface area (Å²) >= 11 is 0. The van der Waals surface area contributed by atoms with Crippen LogP contribution in [0.5, 0.6) is 0 Å². The molecule has 1 aliphatic rings. The van der Waals surface area contributed by atoms with Gasteiger partial charge >= 0.3 is 0 Å². The van der Waals surface area contributed by atoms with Crippen molar-refractivity contribution in [2.24, 2.45) is 0 Å². The smallest absolute Gasteiger partial charge is 0.246 e.